The number of nitrogens with one attached hydrogen (secondary N) is 3. The Balaban J connectivity index is 1.65. The second kappa shape index (κ2) is 8.77. The number of carbonyl (C=O) groups is 2. The molecule has 1 aromatic rings. The summed E-state index contributed by atoms with van der Waals surface area (Å²) in [5.74, 6) is 0.193. The van der Waals surface area contributed by atoms with Crippen molar-refractivity contribution >= 4 is 23.5 Å². The Morgan fingerprint density at radius 1 is 1.22 bits per heavy atom. The summed E-state index contributed by atoms with van der Waals surface area (Å²) in [6.07, 6.45) is 4.09. The Morgan fingerprint density at radius 3 is 2.61 bits per heavy atom. The van der Waals surface area contributed by atoms with Gasteiger partial charge in [0.05, 0.1) is 0 Å². The summed E-state index contributed by atoms with van der Waals surface area (Å²) in [5.41, 5.74) is 1.10. The summed E-state index contributed by atoms with van der Waals surface area (Å²) in [4.78, 5) is 23.5. The fourth-order valence-corrected chi connectivity index (χ4v) is 3.17. The molecule has 0 aliphatic heterocycles. The van der Waals surface area contributed by atoms with Crippen LogP contribution in [0.4, 0.5) is 4.79 Å². The zero-order valence-corrected chi connectivity index (χ0v) is 14.2. The Kier molecular flexibility index (Phi) is 6.71. The second-order valence-corrected chi connectivity index (χ2v) is 6.38. The first-order valence-electron chi connectivity index (χ1n) is 8.09. The van der Waals surface area contributed by atoms with Crippen LogP contribution in [0, 0.1) is 5.92 Å². The topological polar surface area (TPSA) is 70.2 Å². The summed E-state index contributed by atoms with van der Waals surface area (Å²) in [6, 6.07) is 7.65. The quantitative estimate of drug-likeness (QED) is 0.772. The lowest BCUT2D eigenvalue weighted by molar-refractivity contribution is -0.125. The molecule has 1 fully saturated rings. The molecule has 1 saturated carbocycles. The summed E-state index contributed by atoms with van der Waals surface area (Å²) in [6.45, 7) is 0.569. The number of hydrogen-bond acceptors (Lipinski definition) is 2. The maximum absolute atomic E-state index is 11.9. The maximum Gasteiger partial charge on any atom is 0.315 e. The standard InChI is InChI=1S/C17H24ClN3O2/c1-19-16(22)13-5-7-15(8-6-13)21-17(23)20-10-9-12-3-2-4-14(18)11-12/h2-4,11,13,15H,5-10H2,1H3,(H,19,22)(H2,20,21,23). The molecule has 0 aromatic heterocycles. The van der Waals surface area contributed by atoms with Gasteiger partial charge in [0.15, 0.2) is 0 Å². The van der Waals surface area contributed by atoms with Crippen LogP contribution in [0.1, 0.15) is 31.2 Å². The van der Waals surface area contributed by atoms with Crippen molar-refractivity contribution in [1.82, 2.24) is 16.0 Å². The van der Waals surface area contributed by atoms with E-state index in [-0.39, 0.29) is 23.9 Å². The summed E-state index contributed by atoms with van der Waals surface area (Å²) in [7, 11) is 1.67. The van der Waals surface area contributed by atoms with Crippen molar-refractivity contribution in [3.8, 4) is 0 Å². The SMILES string of the molecule is CNC(=O)C1CCC(NC(=O)NCCc2cccc(Cl)c2)CC1. The molecule has 0 saturated heterocycles. The van der Waals surface area contributed by atoms with E-state index in [2.05, 4.69) is 16.0 Å². The molecule has 0 unspecified atom stereocenters. The number of carbonyl (C=O) groups excluding carboxylic acids is 2. The average molecular weight is 338 g/mol. The minimum absolute atomic E-state index is 0.0870. The third-order valence-electron chi connectivity index (χ3n) is 4.27. The molecule has 1 aromatic carbocycles. The van der Waals surface area contributed by atoms with E-state index in [1.165, 1.54) is 0 Å². The minimum atomic E-state index is -0.143. The fraction of sp³-hybridized carbons (Fsp3) is 0.529. The van der Waals surface area contributed by atoms with E-state index in [1.807, 2.05) is 24.3 Å². The van der Waals surface area contributed by atoms with Crippen LogP contribution in [0.15, 0.2) is 24.3 Å². The highest BCUT2D eigenvalue weighted by atomic mass is 35.5. The van der Waals surface area contributed by atoms with Gasteiger partial charge >= 0.3 is 6.03 Å². The van der Waals surface area contributed by atoms with Crippen molar-refractivity contribution in [2.24, 2.45) is 5.92 Å². The molecular formula is C17H24ClN3O2. The van der Waals surface area contributed by atoms with Gasteiger partial charge in [-0.2, -0.15) is 0 Å². The van der Waals surface area contributed by atoms with Crippen LogP contribution in [-0.2, 0) is 11.2 Å². The van der Waals surface area contributed by atoms with Crippen molar-refractivity contribution in [2.45, 2.75) is 38.1 Å². The average Bonchev–Trinajstić information content (AvgIpc) is 2.55. The second-order valence-electron chi connectivity index (χ2n) is 5.94. The Labute approximate surface area is 142 Å². The van der Waals surface area contributed by atoms with E-state index in [4.69, 9.17) is 11.6 Å². The van der Waals surface area contributed by atoms with Crippen molar-refractivity contribution in [3.63, 3.8) is 0 Å². The molecule has 0 bridgehead atoms. The van der Waals surface area contributed by atoms with Gasteiger partial charge in [-0.05, 0) is 49.8 Å². The van der Waals surface area contributed by atoms with Crippen LogP contribution in [0.5, 0.6) is 0 Å². The van der Waals surface area contributed by atoms with Gasteiger partial charge in [-0.1, -0.05) is 23.7 Å². The predicted octanol–water partition coefficient (Wildman–Crippen LogP) is 2.49. The largest absolute Gasteiger partial charge is 0.359 e. The fourth-order valence-electron chi connectivity index (χ4n) is 2.95. The number of amides is 3. The van der Waals surface area contributed by atoms with Gasteiger partial charge in [-0.3, -0.25) is 4.79 Å². The first-order chi connectivity index (χ1) is 11.1. The number of hydrogen-bond donors (Lipinski definition) is 3. The zero-order valence-electron chi connectivity index (χ0n) is 13.4. The van der Waals surface area contributed by atoms with E-state index in [9.17, 15) is 9.59 Å². The summed E-state index contributed by atoms with van der Waals surface area (Å²) < 4.78 is 0. The molecule has 0 radical (unpaired) electrons. The number of rotatable bonds is 5. The van der Waals surface area contributed by atoms with Gasteiger partial charge in [0, 0.05) is 30.6 Å². The van der Waals surface area contributed by atoms with Crippen molar-refractivity contribution in [2.75, 3.05) is 13.6 Å². The lowest BCUT2D eigenvalue weighted by Crippen LogP contribution is -2.45. The molecule has 0 heterocycles. The molecule has 126 valence electrons. The lowest BCUT2D eigenvalue weighted by atomic mass is 9.85. The molecule has 2 rings (SSSR count). The molecule has 6 heteroatoms. The molecule has 3 N–H and O–H groups in total. The van der Waals surface area contributed by atoms with Crippen LogP contribution in [0.25, 0.3) is 0 Å². The van der Waals surface area contributed by atoms with E-state index >= 15 is 0 Å². The number of benzene rings is 1. The number of halogens is 1. The molecule has 0 atom stereocenters. The van der Waals surface area contributed by atoms with Gasteiger partial charge in [0.1, 0.15) is 0 Å². The third kappa shape index (κ3) is 5.75. The first-order valence-corrected chi connectivity index (χ1v) is 8.46. The molecule has 0 spiro atoms. The van der Waals surface area contributed by atoms with E-state index in [0.29, 0.717) is 11.6 Å². The van der Waals surface area contributed by atoms with Gasteiger partial charge in [0.25, 0.3) is 0 Å². The first kappa shape index (κ1) is 17.6. The molecule has 3 amide bonds. The normalized spacial score (nSPS) is 20.6. The Morgan fingerprint density at radius 2 is 1.96 bits per heavy atom. The van der Waals surface area contributed by atoms with E-state index in [0.717, 1.165) is 37.7 Å². The van der Waals surface area contributed by atoms with Gasteiger partial charge in [0.2, 0.25) is 5.91 Å². The lowest BCUT2D eigenvalue weighted by Gasteiger charge is -2.28. The molecule has 1 aliphatic carbocycles. The Hall–Kier alpha value is -1.75. The third-order valence-corrected chi connectivity index (χ3v) is 4.50. The van der Waals surface area contributed by atoms with Gasteiger partial charge in [-0.15, -0.1) is 0 Å². The molecular weight excluding hydrogens is 314 g/mol. The monoisotopic (exact) mass is 337 g/mol. The molecule has 23 heavy (non-hydrogen) atoms. The van der Waals surface area contributed by atoms with Gasteiger partial charge in [-0.25, -0.2) is 4.79 Å². The number of urea groups is 1. The summed E-state index contributed by atoms with van der Waals surface area (Å²) >= 11 is 5.93. The zero-order chi connectivity index (χ0) is 16.7. The van der Waals surface area contributed by atoms with Crippen molar-refractivity contribution < 1.29 is 9.59 Å². The predicted molar refractivity (Wildman–Crippen MR) is 91.5 cm³/mol. The van der Waals surface area contributed by atoms with E-state index < -0.39 is 0 Å². The van der Waals surface area contributed by atoms with Crippen LogP contribution in [-0.4, -0.2) is 31.6 Å². The maximum atomic E-state index is 11.9. The van der Waals surface area contributed by atoms with E-state index in [1.54, 1.807) is 7.05 Å². The highest BCUT2D eigenvalue weighted by Gasteiger charge is 2.26. The van der Waals surface area contributed by atoms with Crippen molar-refractivity contribution in [3.05, 3.63) is 34.9 Å². The smallest absolute Gasteiger partial charge is 0.315 e. The minimum Gasteiger partial charge on any atom is -0.359 e. The Bertz CT molecular complexity index is 542. The van der Waals surface area contributed by atoms with Crippen LogP contribution in [0.2, 0.25) is 5.02 Å². The molecule has 5 nitrogen and oxygen atoms in total. The summed E-state index contributed by atoms with van der Waals surface area (Å²) in [5, 5.41) is 9.25. The van der Waals surface area contributed by atoms with Crippen molar-refractivity contribution in [1.29, 1.82) is 0 Å². The highest BCUT2D eigenvalue weighted by molar-refractivity contribution is 6.30. The van der Waals surface area contributed by atoms with Crippen LogP contribution < -0.4 is 16.0 Å². The van der Waals surface area contributed by atoms with Crippen LogP contribution in [0.3, 0.4) is 0 Å². The highest BCUT2D eigenvalue weighted by Crippen LogP contribution is 2.24. The van der Waals surface area contributed by atoms with Gasteiger partial charge < -0.3 is 16.0 Å². The molecule has 1 aliphatic rings. The van der Waals surface area contributed by atoms with Crippen LogP contribution >= 0.6 is 11.6 Å².